The van der Waals surface area contributed by atoms with Gasteiger partial charge < -0.3 is 0 Å². The molecule has 0 fully saturated rings. The monoisotopic (exact) mass is 864 g/mol. The van der Waals surface area contributed by atoms with Crippen molar-refractivity contribution in [2.24, 2.45) is 0 Å². The minimum Gasteiger partial charge on any atom is -0.290 e. The second kappa shape index (κ2) is 17.8. The van der Waals surface area contributed by atoms with E-state index in [-0.39, 0.29) is 11.8 Å². The van der Waals surface area contributed by atoms with Gasteiger partial charge in [0.1, 0.15) is 35.9 Å². The van der Waals surface area contributed by atoms with Crippen LogP contribution < -0.4 is 0 Å². The van der Waals surface area contributed by atoms with E-state index >= 15 is 0 Å². The normalized spacial score (nSPS) is 15.9. The Morgan fingerprint density at radius 1 is 0.562 bits per heavy atom. The Bertz CT molecular complexity index is 2840. The Hall–Kier alpha value is -7.36. The maximum absolute atomic E-state index is 14.4. The van der Waals surface area contributed by atoms with Crippen LogP contribution in [-0.4, -0.2) is 58.6 Å². The van der Waals surface area contributed by atoms with E-state index in [0.717, 1.165) is 70.3 Å². The molecule has 8 aromatic rings. The highest BCUT2D eigenvalue weighted by atomic mass is 19.2. The van der Waals surface area contributed by atoms with Gasteiger partial charge in [0.05, 0.1) is 11.4 Å². The van der Waals surface area contributed by atoms with Gasteiger partial charge in [-0.05, 0) is 124 Å². The summed E-state index contributed by atoms with van der Waals surface area (Å²) in [6.45, 7) is 9.30. The molecule has 2 aliphatic rings. The van der Waals surface area contributed by atoms with Gasteiger partial charge in [0, 0.05) is 60.8 Å². The predicted octanol–water partition coefficient (Wildman–Crippen LogP) is 9.70. The van der Waals surface area contributed by atoms with Gasteiger partial charge in [-0.2, -0.15) is 10.2 Å². The molecular formula is C48H44F4N12. The molecule has 2 atom stereocenters. The topological polar surface area (TPSA) is 123 Å². The molecule has 0 aliphatic carbocycles. The van der Waals surface area contributed by atoms with Crippen molar-refractivity contribution in [1.29, 1.82) is 0 Å². The van der Waals surface area contributed by atoms with Gasteiger partial charge in [-0.3, -0.25) is 9.13 Å². The van der Waals surface area contributed by atoms with Crippen LogP contribution in [-0.2, 0) is 13.1 Å². The number of hydrogen-bond acceptors (Lipinski definition) is 8. The maximum atomic E-state index is 14.4. The zero-order chi connectivity index (χ0) is 44.5. The van der Waals surface area contributed by atoms with Crippen molar-refractivity contribution < 1.29 is 17.6 Å². The van der Waals surface area contributed by atoms with Crippen LogP contribution >= 0.6 is 0 Å². The Kier molecular flexibility index (Phi) is 11.7. The van der Waals surface area contributed by atoms with E-state index in [1.807, 2.05) is 85.7 Å². The Morgan fingerprint density at radius 3 is 1.39 bits per heavy atom. The zero-order valence-electron chi connectivity index (χ0n) is 35.7. The van der Waals surface area contributed by atoms with Crippen LogP contribution in [0.5, 0.6) is 0 Å². The molecule has 0 radical (unpaired) electrons. The lowest BCUT2D eigenvalue weighted by molar-refractivity contribution is 0.426. The molecule has 2 aromatic carbocycles. The van der Waals surface area contributed by atoms with Crippen LogP contribution in [0, 0.1) is 51.0 Å². The average molecular weight is 865 g/mol. The second-order valence-corrected chi connectivity index (χ2v) is 16.1. The van der Waals surface area contributed by atoms with E-state index in [1.54, 1.807) is 46.5 Å². The van der Waals surface area contributed by atoms with Gasteiger partial charge in [-0.25, -0.2) is 56.8 Å². The zero-order valence-corrected chi connectivity index (χ0v) is 35.7. The third-order valence-corrected chi connectivity index (χ3v) is 11.4. The lowest BCUT2D eigenvalue weighted by atomic mass is 9.91. The number of imidazole rings is 2. The fourth-order valence-corrected chi connectivity index (χ4v) is 8.36. The lowest BCUT2D eigenvalue weighted by Crippen LogP contribution is -2.19. The molecule has 0 saturated heterocycles. The van der Waals surface area contributed by atoms with E-state index < -0.39 is 23.3 Å². The number of halogens is 4. The number of nitrogens with zero attached hydrogens (tertiary/aromatic N) is 12. The van der Waals surface area contributed by atoms with Gasteiger partial charge in [-0.1, -0.05) is 24.3 Å². The van der Waals surface area contributed by atoms with Crippen LogP contribution in [0.3, 0.4) is 0 Å². The molecule has 0 N–H and O–H groups in total. The first-order valence-electron chi connectivity index (χ1n) is 21.1. The summed E-state index contributed by atoms with van der Waals surface area (Å²) in [5.74, 6) is 0.172. The fourth-order valence-electron chi connectivity index (χ4n) is 8.36. The van der Waals surface area contributed by atoms with Crippen LogP contribution in [0.1, 0.15) is 106 Å². The number of fused-ring (bicyclic) bond motifs is 2. The fraction of sp³-hybridized carbons (Fsp3) is 0.250. The maximum Gasteiger partial charge on any atom is 0.174 e. The molecule has 0 saturated carbocycles. The summed E-state index contributed by atoms with van der Waals surface area (Å²) in [5, 5.41) is 9.11. The first-order chi connectivity index (χ1) is 31.0. The highest BCUT2D eigenvalue weighted by Crippen LogP contribution is 2.36. The summed E-state index contributed by atoms with van der Waals surface area (Å²) in [4.78, 5) is 26.9. The number of rotatable bonds is 8. The van der Waals surface area contributed by atoms with Gasteiger partial charge in [0.2, 0.25) is 0 Å². The first kappa shape index (κ1) is 42.0. The third-order valence-electron chi connectivity index (χ3n) is 11.4. The third kappa shape index (κ3) is 8.67. The van der Waals surface area contributed by atoms with E-state index in [9.17, 15) is 17.6 Å². The molecule has 16 heteroatoms. The molecule has 2 aliphatic heterocycles. The number of hydrogen-bond donors (Lipinski definition) is 0. The summed E-state index contributed by atoms with van der Waals surface area (Å²) < 4.78 is 63.7. The van der Waals surface area contributed by atoms with Crippen LogP contribution in [0.25, 0.3) is 35.9 Å². The molecule has 0 amide bonds. The summed E-state index contributed by atoms with van der Waals surface area (Å²) in [6.07, 6.45) is 21.5. The summed E-state index contributed by atoms with van der Waals surface area (Å²) in [5.41, 5.74) is 6.40. The van der Waals surface area contributed by atoms with Crippen molar-refractivity contribution >= 4 is 24.3 Å². The van der Waals surface area contributed by atoms with Crippen molar-refractivity contribution in [1.82, 2.24) is 58.6 Å². The summed E-state index contributed by atoms with van der Waals surface area (Å²) in [7, 11) is 0. The van der Waals surface area contributed by atoms with Crippen molar-refractivity contribution in [3.63, 3.8) is 0 Å². The van der Waals surface area contributed by atoms with E-state index in [4.69, 9.17) is 0 Å². The molecule has 0 unspecified atom stereocenters. The smallest absolute Gasteiger partial charge is 0.174 e. The molecule has 12 nitrogen and oxygen atoms in total. The van der Waals surface area contributed by atoms with Crippen LogP contribution in [0.2, 0.25) is 0 Å². The Labute approximate surface area is 366 Å². The molecule has 8 heterocycles. The second-order valence-electron chi connectivity index (χ2n) is 16.1. The molecule has 0 bridgehead atoms. The number of aromatic nitrogens is 12. The van der Waals surface area contributed by atoms with Gasteiger partial charge in [-0.15, -0.1) is 0 Å². The summed E-state index contributed by atoms with van der Waals surface area (Å²) in [6, 6.07) is 12.7. The van der Waals surface area contributed by atoms with Crippen molar-refractivity contribution in [3.05, 3.63) is 177 Å². The standard InChI is InChI=1S/2C24H22F2N6/c2*1-15-11-17(12-27-23(15)31-13-16(2)28-14-31)8-9-21-29-24-19(6-4-10-32(24)30-21)18-5-3-7-20(25)22(18)26/h2*3,5,7-9,11-14,19H,4,6,10H2,1-2H3/b2*9-8+/t2*19-/m10/s1. The predicted molar refractivity (Wildman–Crippen MR) is 234 cm³/mol. The van der Waals surface area contributed by atoms with Crippen LogP contribution in [0.15, 0.2) is 86.0 Å². The minimum absolute atomic E-state index is 0.309. The highest BCUT2D eigenvalue weighted by molar-refractivity contribution is 5.68. The molecule has 324 valence electrons. The number of pyridine rings is 2. The van der Waals surface area contributed by atoms with Gasteiger partial charge in [0.25, 0.3) is 0 Å². The average Bonchev–Trinajstić information content (AvgIpc) is 4.11. The minimum atomic E-state index is -0.837. The van der Waals surface area contributed by atoms with Gasteiger partial charge >= 0.3 is 0 Å². The van der Waals surface area contributed by atoms with Crippen molar-refractivity contribution in [3.8, 4) is 11.6 Å². The largest absolute Gasteiger partial charge is 0.290 e. The van der Waals surface area contributed by atoms with E-state index in [1.165, 1.54) is 12.1 Å². The molecule has 64 heavy (non-hydrogen) atoms. The first-order valence-corrected chi connectivity index (χ1v) is 21.1. The SMILES string of the molecule is Cc1cn(-c2ncc(/C=C/c3nc4n(n3)CCC[C@@H]4c3cccc(F)c3F)cc2C)cn1.Cc1cn(-c2ncc(/C=C/c3nc4n(n3)CCC[C@H]4c3cccc(F)c3F)cc2C)cn1. The Morgan fingerprint density at radius 2 is 1.00 bits per heavy atom. The van der Waals surface area contributed by atoms with Crippen molar-refractivity contribution in [2.45, 2.75) is 78.3 Å². The van der Waals surface area contributed by atoms with Gasteiger partial charge in [0.15, 0.2) is 34.9 Å². The molecule has 10 rings (SSSR count). The van der Waals surface area contributed by atoms with E-state index in [2.05, 4.69) is 40.1 Å². The molecular weight excluding hydrogens is 821 g/mol. The Balaban J connectivity index is 0.000000162. The lowest BCUT2D eigenvalue weighted by Gasteiger charge is -2.22. The number of aryl methyl sites for hydroxylation is 6. The summed E-state index contributed by atoms with van der Waals surface area (Å²) >= 11 is 0. The van der Waals surface area contributed by atoms with Crippen LogP contribution in [0.4, 0.5) is 17.6 Å². The quantitative estimate of drug-likeness (QED) is 0.139. The molecule has 6 aromatic heterocycles. The molecule has 0 spiro atoms. The number of benzene rings is 2. The van der Waals surface area contributed by atoms with Crippen molar-refractivity contribution in [2.75, 3.05) is 0 Å². The van der Waals surface area contributed by atoms with E-state index in [0.29, 0.717) is 60.4 Å². The highest BCUT2D eigenvalue weighted by Gasteiger charge is 2.30.